The van der Waals surface area contributed by atoms with Crippen molar-refractivity contribution in [2.75, 3.05) is 4.90 Å². The SMILES string of the molecule is c1ccc(N(c2ccccc2)c2cccc3c2oc2c(-c4cccc5c4oc4cc(-c6cccc7c6oc6ccccc67)ccc45)cccc23)cc1. The van der Waals surface area contributed by atoms with Gasteiger partial charge in [-0.25, -0.2) is 0 Å². The summed E-state index contributed by atoms with van der Waals surface area (Å²) in [7, 11) is 0. The fraction of sp³-hybridized carbons (Fsp3) is 0. The van der Waals surface area contributed by atoms with Gasteiger partial charge in [0, 0.05) is 60.4 Å². The van der Waals surface area contributed by atoms with E-state index in [1.54, 1.807) is 0 Å². The Morgan fingerprint density at radius 1 is 0.308 bits per heavy atom. The van der Waals surface area contributed by atoms with E-state index < -0.39 is 0 Å². The van der Waals surface area contributed by atoms with Gasteiger partial charge in [-0.3, -0.25) is 0 Å². The predicted molar refractivity (Wildman–Crippen MR) is 214 cm³/mol. The van der Waals surface area contributed by atoms with Crippen molar-refractivity contribution in [1.82, 2.24) is 0 Å². The molecule has 3 aromatic heterocycles. The molecule has 52 heavy (non-hydrogen) atoms. The van der Waals surface area contributed by atoms with Gasteiger partial charge >= 0.3 is 0 Å². The third kappa shape index (κ3) is 4.28. The smallest absolute Gasteiger partial charge is 0.159 e. The van der Waals surface area contributed by atoms with Crippen LogP contribution in [0.25, 0.3) is 88.1 Å². The molecule has 11 rings (SSSR count). The molecule has 4 heteroatoms. The lowest BCUT2D eigenvalue weighted by Crippen LogP contribution is -2.09. The van der Waals surface area contributed by atoms with Crippen LogP contribution >= 0.6 is 0 Å². The molecule has 4 nitrogen and oxygen atoms in total. The van der Waals surface area contributed by atoms with Crippen molar-refractivity contribution in [2.45, 2.75) is 0 Å². The highest BCUT2D eigenvalue weighted by Crippen LogP contribution is 2.46. The molecule has 11 aromatic rings. The zero-order valence-corrected chi connectivity index (χ0v) is 27.9. The fourth-order valence-corrected chi connectivity index (χ4v) is 7.93. The molecule has 0 atom stereocenters. The van der Waals surface area contributed by atoms with Crippen molar-refractivity contribution in [2.24, 2.45) is 0 Å². The Hall–Kier alpha value is -7.04. The highest BCUT2D eigenvalue weighted by atomic mass is 16.3. The van der Waals surface area contributed by atoms with Crippen molar-refractivity contribution in [3.63, 3.8) is 0 Å². The van der Waals surface area contributed by atoms with Crippen LogP contribution in [0.1, 0.15) is 0 Å². The van der Waals surface area contributed by atoms with E-state index in [1.165, 1.54) is 0 Å². The number of hydrogen-bond donors (Lipinski definition) is 0. The van der Waals surface area contributed by atoms with Crippen LogP contribution in [-0.4, -0.2) is 0 Å². The molecule has 0 fully saturated rings. The quantitative estimate of drug-likeness (QED) is 0.183. The van der Waals surface area contributed by atoms with Crippen molar-refractivity contribution in [1.29, 1.82) is 0 Å². The Labute approximate surface area is 298 Å². The molecule has 0 aliphatic heterocycles. The lowest BCUT2D eigenvalue weighted by molar-refractivity contribution is 0.665. The Morgan fingerprint density at radius 3 is 1.48 bits per heavy atom. The zero-order valence-electron chi connectivity index (χ0n) is 27.9. The molecule has 0 aliphatic carbocycles. The molecule has 0 spiro atoms. The van der Waals surface area contributed by atoms with Crippen LogP contribution in [-0.2, 0) is 0 Å². The first kappa shape index (κ1) is 28.8. The van der Waals surface area contributed by atoms with Gasteiger partial charge in [0.15, 0.2) is 5.58 Å². The van der Waals surface area contributed by atoms with Gasteiger partial charge in [-0.1, -0.05) is 127 Å². The third-order valence-corrected chi connectivity index (χ3v) is 10.3. The van der Waals surface area contributed by atoms with Gasteiger partial charge in [0.25, 0.3) is 0 Å². The van der Waals surface area contributed by atoms with E-state index in [1.807, 2.05) is 24.3 Å². The van der Waals surface area contributed by atoms with Gasteiger partial charge < -0.3 is 18.2 Å². The van der Waals surface area contributed by atoms with Crippen molar-refractivity contribution in [3.8, 4) is 22.3 Å². The maximum absolute atomic E-state index is 6.97. The average Bonchev–Trinajstić information content (AvgIpc) is 3.90. The average molecular weight is 668 g/mol. The summed E-state index contributed by atoms with van der Waals surface area (Å²) in [4.78, 5) is 2.26. The van der Waals surface area contributed by atoms with Gasteiger partial charge in [-0.05, 0) is 54.1 Å². The molecule has 8 aromatic carbocycles. The van der Waals surface area contributed by atoms with Crippen molar-refractivity contribution in [3.05, 3.63) is 176 Å². The summed E-state index contributed by atoms with van der Waals surface area (Å²) in [6, 6.07) is 61.0. The molecule has 0 saturated carbocycles. The Morgan fingerprint density at radius 2 is 0.788 bits per heavy atom. The second-order valence-corrected chi connectivity index (χ2v) is 13.2. The Kier molecular flexibility index (Phi) is 6.22. The van der Waals surface area contributed by atoms with E-state index in [0.717, 1.165) is 105 Å². The van der Waals surface area contributed by atoms with Gasteiger partial charge in [0.2, 0.25) is 0 Å². The van der Waals surface area contributed by atoms with Crippen LogP contribution in [0.5, 0.6) is 0 Å². The maximum atomic E-state index is 6.97. The highest BCUT2D eigenvalue weighted by molar-refractivity contribution is 6.17. The first-order valence-electron chi connectivity index (χ1n) is 17.5. The number of furan rings is 3. The topological polar surface area (TPSA) is 42.7 Å². The predicted octanol–water partition coefficient (Wildman–Crippen LogP) is 14.2. The summed E-state index contributed by atoms with van der Waals surface area (Å²) in [5.41, 5.74) is 12.3. The van der Waals surface area contributed by atoms with E-state index >= 15 is 0 Å². The molecule has 0 radical (unpaired) electrons. The lowest BCUT2D eigenvalue weighted by Gasteiger charge is -2.25. The number of para-hydroxylation sites is 7. The molecule has 0 saturated heterocycles. The van der Waals surface area contributed by atoms with Crippen LogP contribution in [0.15, 0.2) is 189 Å². The summed E-state index contributed by atoms with van der Waals surface area (Å²) in [5.74, 6) is 0. The van der Waals surface area contributed by atoms with Crippen LogP contribution < -0.4 is 4.90 Å². The van der Waals surface area contributed by atoms with Crippen molar-refractivity contribution >= 4 is 82.9 Å². The van der Waals surface area contributed by atoms with Gasteiger partial charge in [0.05, 0.1) is 5.69 Å². The largest absolute Gasteiger partial charge is 0.455 e. The second-order valence-electron chi connectivity index (χ2n) is 13.2. The first-order chi connectivity index (χ1) is 25.8. The molecule has 244 valence electrons. The summed E-state index contributed by atoms with van der Waals surface area (Å²) >= 11 is 0. The van der Waals surface area contributed by atoms with Crippen LogP contribution in [0, 0.1) is 0 Å². The first-order valence-corrected chi connectivity index (χ1v) is 17.5. The number of rotatable bonds is 5. The molecule has 0 unspecified atom stereocenters. The van der Waals surface area contributed by atoms with E-state index in [4.69, 9.17) is 13.3 Å². The number of fused-ring (bicyclic) bond motifs is 9. The third-order valence-electron chi connectivity index (χ3n) is 10.3. The van der Waals surface area contributed by atoms with E-state index in [-0.39, 0.29) is 0 Å². The molecular formula is C48H29NO3. The molecule has 0 bridgehead atoms. The van der Waals surface area contributed by atoms with E-state index in [0.29, 0.717) is 0 Å². The number of benzene rings is 8. The summed E-state index contributed by atoms with van der Waals surface area (Å²) in [6.45, 7) is 0. The Balaban J connectivity index is 1.09. The zero-order chi connectivity index (χ0) is 34.2. The minimum Gasteiger partial charge on any atom is -0.455 e. The van der Waals surface area contributed by atoms with Crippen molar-refractivity contribution < 1.29 is 13.3 Å². The van der Waals surface area contributed by atoms with E-state index in [2.05, 4.69) is 157 Å². The normalized spacial score (nSPS) is 11.8. The van der Waals surface area contributed by atoms with E-state index in [9.17, 15) is 0 Å². The lowest BCUT2D eigenvalue weighted by atomic mass is 9.99. The summed E-state index contributed by atoms with van der Waals surface area (Å²) in [5, 5.41) is 6.48. The van der Waals surface area contributed by atoms with Gasteiger partial charge in [-0.15, -0.1) is 0 Å². The monoisotopic (exact) mass is 667 g/mol. The van der Waals surface area contributed by atoms with Gasteiger partial charge in [-0.2, -0.15) is 0 Å². The molecule has 3 heterocycles. The van der Waals surface area contributed by atoms with Crippen LogP contribution in [0.2, 0.25) is 0 Å². The number of hydrogen-bond acceptors (Lipinski definition) is 4. The number of nitrogens with zero attached hydrogens (tertiary/aromatic N) is 1. The van der Waals surface area contributed by atoms with Crippen LogP contribution in [0.3, 0.4) is 0 Å². The van der Waals surface area contributed by atoms with Gasteiger partial charge in [0.1, 0.15) is 27.9 Å². The second kappa shape index (κ2) is 11.2. The Bertz CT molecular complexity index is 3090. The summed E-state index contributed by atoms with van der Waals surface area (Å²) in [6.07, 6.45) is 0. The molecule has 0 N–H and O–H groups in total. The minimum absolute atomic E-state index is 0.827. The fourth-order valence-electron chi connectivity index (χ4n) is 7.93. The minimum atomic E-state index is 0.827. The maximum Gasteiger partial charge on any atom is 0.159 e. The van der Waals surface area contributed by atoms with Crippen LogP contribution in [0.4, 0.5) is 17.1 Å². The molecule has 0 amide bonds. The number of anilines is 3. The standard InChI is InChI=1S/C48H29NO3/c1-3-13-31(14-4-1)49(32-15-5-2-6-16-32)42-25-12-24-41-40-23-11-22-39(47(40)52-48(41)42)38-21-10-20-37-35-28-27-30(29-44(35)51-46(37)38)33-18-9-19-36-34-17-7-8-26-43(34)50-45(33)36/h1-29H. The molecular weight excluding hydrogens is 639 g/mol. The molecule has 0 aliphatic rings. The summed E-state index contributed by atoms with van der Waals surface area (Å²) < 4.78 is 20.1. The highest BCUT2D eigenvalue weighted by Gasteiger charge is 2.22.